The van der Waals surface area contributed by atoms with Crippen molar-refractivity contribution in [1.29, 1.82) is 0 Å². The average Bonchev–Trinajstić information content (AvgIpc) is 2.69. The minimum absolute atomic E-state index is 0.0818. The Morgan fingerprint density at radius 2 is 2.17 bits per heavy atom. The molecule has 3 N–H and O–H groups in total. The second-order valence-electron chi connectivity index (χ2n) is 3.31. The van der Waals surface area contributed by atoms with Crippen molar-refractivity contribution in [3.05, 3.63) is 27.8 Å². The van der Waals surface area contributed by atoms with Gasteiger partial charge in [-0.2, -0.15) is 0 Å². The molecule has 0 atom stereocenters. The van der Waals surface area contributed by atoms with Gasteiger partial charge < -0.3 is 10.8 Å². The molecule has 1 heterocycles. The zero-order valence-corrected chi connectivity index (χ0v) is 12.1. The molecular weight excluding hydrogens is 367 g/mol. The van der Waals surface area contributed by atoms with Crippen molar-refractivity contribution in [2.45, 2.75) is 5.16 Å². The first kappa shape index (κ1) is 13.1. The number of aromatic nitrogens is 3. The van der Waals surface area contributed by atoms with Gasteiger partial charge in [-0.05, 0) is 34.7 Å². The van der Waals surface area contributed by atoms with Crippen LogP contribution in [0.1, 0.15) is 0 Å². The SMILES string of the molecule is Nc1nnc(SCC(=O)O)n1-c1ccccc1I. The third kappa shape index (κ3) is 2.75. The summed E-state index contributed by atoms with van der Waals surface area (Å²) in [6.07, 6.45) is 0. The highest BCUT2D eigenvalue weighted by Gasteiger charge is 2.15. The quantitative estimate of drug-likeness (QED) is 0.622. The maximum absolute atomic E-state index is 10.6. The molecular formula is C10H9IN4O2S. The summed E-state index contributed by atoms with van der Waals surface area (Å²) in [6.45, 7) is 0. The van der Waals surface area contributed by atoms with E-state index in [0.29, 0.717) is 5.16 Å². The number of nitrogens with zero attached hydrogens (tertiary/aromatic N) is 3. The summed E-state index contributed by atoms with van der Waals surface area (Å²) in [7, 11) is 0. The standard InChI is InChI=1S/C10H9IN4O2S/c11-6-3-1-2-4-7(6)15-9(12)13-14-10(15)18-5-8(16)17/h1-4H,5H2,(H2,12,13)(H,16,17). The van der Waals surface area contributed by atoms with Gasteiger partial charge in [0.25, 0.3) is 0 Å². The summed E-state index contributed by atoms with van der Waals surface area (Å²) >= 11 is 3.27. The summed E-state index contributed by atoms with van der Waals surface area (Å²) in [5.41, 5.74) is 6.62. The highest BCUT2D eigenvalue weighted by atomic mass is 127. The van der Waals surface area contributed by atoms with Crippen LogP contribution >= 0.6 is 34.4 Å². The Hall–Kier alpha value is -1.29. The summed E-state index contributed by atoms with van der Waals surface area (Å²) in [4.78, 5) is 10.6. The van der Waals surface area contributed by atoms with Crippen LogP contribution in [0.3, 0.4) is 0 Å². The number of benzene rings is 1. The molecule has 8 heteroatoms. The minimum Gasteiger partial charge on any atom is -0.481 e. The molecule has 0 bridgehead atoms. The van der Waals surface area contributed by atoms with Gasteiger partial charge in [0.05, 0.1) is 11.4 Å². The van der Waals surface area contributed by atoms with Crippen LogP contribution in [-0.4, -0.2) is 31.6 Å². The van der Waals surface area contributed by atoms with E-state index in [1.807, 2.05) is 24.3 Å². The third-order valence-corrected chi connectivity index (χ3v) is 3.90. The first-order valence-corrected chi connectivity index (χ1v) is 6.96. The van der Waals surface area contributed by atoms with E-state index in [4.69, 9.17) is 10.8 Å². The molecule has 0 radical (unpaired) electrons. The Morgan fingerprint density at radius 3 is 2.83 bits per heavy atom. The number of carbonyl (C=O) groups is 1. The van der Waals surface area contributed by atoms with Crippen molar-refractivity contribution >= 4 is 46.3 Å². The van der Waals surface area contributed by atoms with E-state index in [1.165, 1.54) is 0 Å². The van der Waals surface area contributed by atoms with Gasteiger partial charge >= 0.3 is 5.97 Å². The molecule has 0 spiro atoms. The molecule has 0 aliphatic heterocycles. The van der Waals surface area contributed by atoms with Crippen molar-refractivity contribution in [3.8, 4) is 5.69 Å². The van der Waals surface area contributed by atoms with Crippen molar-refractivity contribution in [2.75, 3.05) is 11.5 Å². The molecule has 2 aromatic rings. The monoisotopic (exact) mass is 376 g/mol. The molecule has 6 nitrogen and oxygen atoms in total. The Labute approximate surface area is 121 Å². The van der Waals surface area contributed by atoms with Gasteiger partial charge in [-0.25, -0.2) is 0 Å². The molecule has 0 amide bonds. The molecule has 0 saturated carbocycles. The predicted molar refractivity (Wildman–Crippen MR) is 76.8 cm³/mol. The number of carboxylic acids is 1. The molecule has 18 heavy (non-hydrogen) atoms. The van der Waals surface area contributed by atoms with E-state index in [-0.39, 0.29) is 11.7 Å². The molecule has 0 saturated heterocycles. The highest BCUT2D eigenvalue weighted by Crippen LogP contribution is 2.25. The van der Waals surface area contributed by atoms with Crippen molar-refractivity contribution in [1.82, 2.24) is 14.8 Å². The zero-order chi connectivity index (χ0) is 13.1. The number of rotatable bonds is 4. The lowest BCUT2D eigenvalue weighted by atomic mass is 10.3. The average molecular weight is 376 g/mol. The van der Waals surface area contributed by atoms with Crippen LogP contribution in [0.15, 0.2) is 29.4 Å². The van der Waals surface area contributed by atoms with Crippen LogP contribution < -0.4 is 5.73 Å². The molecule has 0 aliphatic carbocycles. The summed E-state index contributed by atoms with van der Waals surface area (Å²) < 4.78 is 2.63. The smallest absolute Gasteiger partial charge is 0.313 e. The second kappa shape index (κ2) is 5.57. The van der Waals surface area contributed by atoms with E-state index in [0.717, 1.165) is 21.0 Å². The largest absolute Gasteiger partial charge is 0.481 e. The molecule has 1 aromatic heterocycles. The van der Waals surface area contributed by atoms with Gasteiger partial charge in [0.1, 0.15) is 0 Å². The molecule has 2 rings (SSSR count). The summed E-state index contributed by atoms with van der Waals surface area (Å²) in [6, 6.07) is 7.60. The third-order valence-electron chi connectivity index (χ3n) is 2.08. The maximum Gasteiger partial charge on any atom is 0.313 e. The van der Waals surface area contributed by atoms with Gasteiger partial charge in [0.15, 0.2) is 5.16 Å². The Morgan fingerprint density at radius 1 is 1.44 bits per heavy atom. The van der Waals surface area contributed by atoms with E-state index in [1.54, 1.807) is 4.57 Å². The maximum atomic E-state index is 10.6. The molecule has 1 aromatic carbocycles. The lowest BCUT2D eigenvalue weighted by Crippen LogP contribution is -2.05. The van der Waals surface area contributed by atoms with Gasteiger partial charge in [-0.3, -0.25) is 9.36 Å². The highest BCUT2D eigenvalue weighted by molar-refractivity contribution is 14.1. The van der Waals surface area contributed by atoms with E-state index < -0.39 is 5.97 Å². The topological polar surface area (TPSA) is 94.0 Å². The number of hydrogen-bond acceptors (Lipinski definition) is 5. The number of hydrogen-bond donors (Lipinski definition) is 2. The van der Waals surface area contributed by atoms with Crippen LogP contribution in [-0.2, 0) is 4.79 Å². The first-order chi connectivity index (χ1) is 8.59. The lowest BCUT2D eigenvalue weighted by molar-refractivity contribution is -0.133. The van der Waals surface area contributed by atoms with Crippen molar-refractivity contribution in [3.63, 3.8) is 0 Å². The number of halogens is 1. The number of nitrogens with two attached hydrogens (primary N) is 1. The summed E-state index contributed by atoms with van der Waals surface area (Å²) in [5.74, 6) is -0.746. The first-order valence-electron chi connectivity index (χ1n) is 4.90. The van der Waals surface area contributed by atoms with Gasteiger partial charge in [-0.15, -0.1) is 10.2 Å². The Bertz CT molecular complexity index is 587. The van der Waals surface area contributed by atoms with E-state index in [2.05, 4.69) is 32.8 Å². The number of aliphatic carboxylic acids is 1. The Kier molecular flexibility index (Phi) is 4.07. The van der Waals surface area contributed by atoms with Crippen LogP contribution in [0.5, 0.6) is 0 Å². The lowest BCUT2D eigenvalue weighted by Gasteiger charge is -2.08. The van der Waals surface area contributed by atoms with Crippen molar-refractivity contribution < 1.29 is 9.90 Å². The van der Waals surface area contributed by atoms with Crippen LogP contribution in [0.2, 0.25) is 0 Å². The van der Waals surface area contributed by atoms with Crippen LogP contribution in [0.25, 0.3) is 5.69 Å². The molecule has 0 aliphatic rings. The predicted octanol–water partition coefficient (Wildman–Crippen LogP) is 1.63. The van der Waals surface area contributed by atoms with Gasteiger partial charge in [0, 0.05) is 3.57 Å². The molecule has 94 valence electrons. The van der Waals surface area contributed by atoms with Crippen LogP contribution in [0, 0.1) is 3.57 Å². The number of nitrogen functional groups attached to an aromatic ring is 1. The van der Waals surface area contributed by atoms with Gasteiger partial charge in [0.2, 0.25) is 5.95 Å². The van der Waals surface area contributed by atoms with Crippen molar-refractivity contribution in [2.24, 2.45) is 0 Å². The van der Waals surface area contributed by atoms with E-state index in [9.17, 15) is 4.79 Å². The number of thioether (sulfide) groups is 1. The Balaban J connectivity index is 2.41. The zero-order valence-electron chi connectivity index (χ0n) is 9.08. The van der Waals surface area contributed by atoms with Gasteiger partial charge in [-0.1, -0.05) is 23.9 Å². The summed E-state index contributed by atoms with van der Waals surface area (Å²) in [5, 5.41) is 16.8. The fraction of sp³-hybridized carbons (Fsp3) is 0.100. The number of carboxylic acid groups (broad SMARTS) is 1. The molecule has 0 unspecified atom stereocenters. The minimum atomic E-state index is -0.907. The fourth-order valence-electron chi connectivity index (χ4n) is 1.36. The second-order valence-corrected chi connectivity index (χ2v) is 5.41. The van der Waals surface area contributed by atoms with Crippen LogP contribution in [0.4, 0.5) is 5.95 Å². The number of para-hydroxylation sites is 1. The molecule has 0 fully saturated rings. The fourth-order valence-corrected chi connectivity index (χ4v) is 2.66. The number of anilines is 1. The normalized spacial score (nSPS) is 10.5. The van der Waals surface area contributed by atoms with E-state index >= 15 is 0 Å².